The molecule has 1 rings (SSSR count). The van der Waals surface area contributed by atoms with Crippen LogP contribution in [0.3, 0.4) is 0 Å². The molecular weight excluding hydrogens is 236 g/mol. The topological polar surface area (TPSA) is 53.6 Å². The van der Waals surface area contributed by atoms with Crippen molar-refractivity contribution < 1.29 is 0 Å². The van der Waals surface area contributed by atoms with E-state index >= 15 is 0 Å². The van der Waals surface area contributed by atoms with Crippen LogP contribution in [0, 0.1) is 11.8 Å². The maximum atomic E-state index is 5.88. The Kier molecular flexibility index (Phi) is 7.87. The van der Waals surface area contributed by atoms with E-state index < -0.39 is 0 Å². The molecule has 0 aromatic rings. The maximum absolute atomic E-state index is 5.88. The van der Waals surface area contributed by atoms with Crippen molar-refractivity contribution in [2.75, 3.05) is 32.7 Å². The smallest absolute Gasteiger partial charge is 0.188 e. The molecule has 0 saturated carbocycles. The fraction of sp³-hybridized carbons (Fsp3) is 0.933. The van der Waals surface area contributed by atoms with E-state index in [2.05, 4.69) is 36.0 Å². The van der Waals surface area contributed by atoms with Gasteiger partial charge in [0.15, 0.2) is 5.96 Å². The van der Waals surface area contributed by atoms with Crippen LogP contribution in [0.5, 0.6) is 0 Å². The summed E-state index contributed by atoms with van der Waals surface area (Å²) in [6.07, 6.45) is 4.94. The molecule has 0 atom stereocenters. The third-order valence-electron chi connectivity index (χ3n) is 3.79. The molecule has 0 spiro atoms. The lowest BCUT2D eigenvalue weighted by Crippen LogP contribution is -2.36. The van der Waals surface area contributed by atoms with Gasteiger partial charge in [-0.25, -0.2) is 0 Å². The Morgan fingerprint density at radius 1 is 1.37 bits per heavy atom. The molecule has 4 nitrogen and oxygen atoms in total. The van der Waals surface area contributed by atoms with Gasteiger partial charge in [0.2, 0.25) is 0 Å². The molecule has 0 unspecified atom stereocenters. The SMILES string of the molecule is CCCN1CCC(CN=C(N)NCCC(C)C)CC1. The second-order valence-electron chi connectivity index (χ2n) is 6.12. The molecule has 0 aromatic heterocycles. The number of nitrogens with zero attached hydrogens (tertiary/aromatic N) is 2. The number of aliphatic imine (C=N–C) groups is 1. The highest BCUT2D eigenvalue weighted by Crippen LogP contribution is 2.17. The fourth-order valence-electron chi connectivity index (χ4n) is 2.48. The lowest BCUT2D eigenvalue weighted by atomic mass is 9.97. The van der Waals surface area contributed by atoms with E-state index in [1.807, 2.05) is 0 Å². The third-order valence-corrected chi connectivity index (χ3v) is 3.79. The summed E-state index contributed by atoms with van der Waals surface area (Å²) in [7, 11) is 0. The van der Waals surface area contributed by atoms with Gasteiger partial charge in [-0.2, -0.15) is 0 Å². The van der Waals surface area contributed by atoms with Crippen LogP contribution >= 0.6 is 0 Å². The molecular formula is C15H32N4. The van der Waals surface area contributed by atoms with Gasteiger partial charge >= 0.3 is 0 Å². The average Bonchev–Trinajstić information content (AvgIpc) is 2.38. The summed E-state index contributed by atoms with van der Waals surface area (Å²) < 4.78 is 0. The molecule has 1 aliphatic heterocycles. The first-order valence-electron chi connectivity index (χ1n) is 7.88. The molecule has 1 fully saturated rings. The number of likely N-dealkylation sites (tertiary alicyclic amines) is 1. The monoisotopic (exact) mass is 268 g/mol. The Labute approximate surface area is 118 Å². The molecule has 112 valence electrons. The number of hydrogen-bond acceptors (Lipinski definition) is 2. The van der Waals surface area contributed by atoms with Crippen LogP contribution in [0.25, 0.3) is 0 Å². The van der Waals surface area contributed by atoms with E-state index in [4.69, 9.17) is 5.73 Å². The molecule has 1 aliphatic rings. The van der Waals surface area contributed by atoms with E-state index in [1.165, 1.54) is 38.9 Å². The first kappa shape index (κ1) is 16.3. The quantitative estimate of drug-likeness (QED) is 0.549. The van der Waals surface area contributed by atoms with Gasteiger partial charge in [-0.15, -0.1) is 0 Å². The summed E-state index contributed by atoms with van der Waals surface area (Å²) in [5.41, 5.74) is 5.88. The summed E-state index contributed by atoms with van der Waals surface area (Å²) >= 11 is 0. The van der Waals surface area contributed by atoms with Crippen molar-refractivity contribution in [2.24, 2.45) is 22.6 Å². The largest absolute Gasteiger partial charge is 0.370 e. The van der Waals surface area contributed by atoms with Gasteiger partial charge in [-0.1, -0.05) is 20.8 Å². The molecule has 0 aromatic carbocycles. The van der Waals surface area contributed by atoms with Crippen LogP contribution < -0.4 is 11.1 Å². The Morgan fingerprint density at radius 3 is 2.63 bits per heavy atom. The zero-order chi connectivity index (χ0) is 14.1. The number of piperidine rings is 1. The summed E-state index contributed by atoms with van der Waals surface area (Å²) in [5.74, 6) is 2.05. The third kappa shape index (κ3) is 7.41. The average molecular weight is 268 g/mol. The van der Waals surface area contributed by atoms with E-state index in [0.717, 1.165) is 25.4 Å². The van der Waals surface area contributed by atoms with Crippen molar-refractivity contribution in [1.29, 1.82) is 0 Å². The van der Waals surface area contributed by atoms with Crippen molar-refractivity contribution in [3.63, 3.8) is 0 Å². The molecule has 0 amide bonds. The summed E-state index contributed by atoms with van der Waals surface area (Å²) in [5, 5.41) is 3.20. The van der Waals surface area contributed by atoms with Crippen molar-refractivity contribution in [3.05, 3.63) is 0 Å². The molecule has 0 radical (unpaired) electrons. The normalized spacial score (nSPS) is 19.1. The Morgan fingerprint density at radius 2 is 2.05 bits per heavy atom. The van der Waals surface area contributed by atoms with Crippen LogP contribution in [0.1, 0.15) is 46.5 Å². The van der Waals surface area contributed by atoms with Crippen molar-refractivity contribution in [1.82, 2.24) is 10.2 Å². The number of rotatable bonds is 7. The zero-order valence-corrected chi connectivity index (χ0v) is 13.0. The van der Waals surface area contributed by atoms with Gasteiger partial charge in [0.1, 0.15) is 0 Å². The predicted octanol–water partition coefficient (Wildman–Crippen LogP) is 2.06. The van der Waals surface area contributed by atoms with Gasteiger partial charge in [0.25, 0.3) is 0 Å². The van der Waals surface area contributed by atoms with Crippen molar-refractivity contribution >= 4 is 5.96 Å². The molecule has 0 aliphatic carbocycles. The number of nitrogens with one attached hydrogen (secondary N) is 1. The number of nitrogens with two attached hydrogens (primary N) is 1. The lowest BCUT2D eigenvalue weighted by molar-refractivity contribution is 0.188. The highest BCUT2D eigenvalue weighted by atomic mass is 15.1. The van der Waals surface area contributed by atoms with Gasteiger partial charge in [-0.05, 0) is 57.2 Å². The van der Waals surface area contributed by atoms with Crippen LogP contribution in [0.2, 0.25) is 0 Å². The van der Waals surface area contributed by atoms with Gasteiger partial charge in [0.05, 0.1) is 0 Å². The maximum Gasteiger partial charge on any atom is 0.188 e. The van der Waals surface area contributed by atoms with Crippen LogP contribution in [-0.2, 0) is 0 Å². The second-order valence-corrected chi connectivity index (χ2v) is 6.12. The lowest BCUT2D eigenvalue weighted by Gasteiger charge is -2.30. The predicted molar refractivity (Wildman–Crippen MR) is 83.4 cm³/mol. The summed E-state index contributed by atoms with van der Waals surface area (Å²) in [6, 6.07) is 0. The van der Waals surface area contributed by atoms with E-state index in [9.17, 15) is 0 Å². The molecule has 0 bridgehead atoms. The minimum Gasteiger partial charge on any atom is -0.370 e. The second kappa shape index (κ2) is 9.18. The molecule has 1 saturated heterocycles. The Balaban J connectivity index is 2.14. The zero-order valence-electron chi connectivity index (χ0n) is 13.0. The van der Waals surface area contributed by atoms with Gasteiger partial charge in [-0.3, -0.25) is 4.99 Å². The van der Waals surface area contributed by atoms with E-state index in [-0.39, 0.29) is 0 Å². The van der Waals surface area contributed by atoms with Crippen molar-refractivity contribution in [3.8, 4) is 0 Å². The van der Waals surface area contributed by atoms with Crippen LogP contribution in [-0.4, -0.2) is 43.6 Å². The first-order chi connectivity index (χ1) is 9.11. The Bertz CT molecular complexity index is 255. The summed E-state index contributed by atoms with van der Waals surface area (Å²) in [4.78, 5) is 7.04. The standard InChI is InChI=1S/C15H32N4/c1-4-9-19-10-6-14(7-11-19)12-18-15(16)17-8-5-13(2)3/h13-14H,4-12H2,1-3H3,(H3,16,17,18). The minimum atomic E-state index is 0.622. The van der Waals surface area contributed by atoms with Gasteiger partial charge < -0.3 is 16.0 Å². The molecule has 19 heavy (non-hydrogen) atoms. The Hall–Kier alpha value is -0.770. The summed E-state index contributed by atoms with van der Waals surface area (Å²) in [6.45, 7) is 12.2. The fourth-order valence-corrected chi connectivity index (χ4v) is 2.48. The molecule has 4 heteroatoms. The molecule has 1 heterocycles. The highest BCUT2D eigenvalue weighted by molar-refractivity contribution is 5.77. The van der Waals surface area contributed by atoms with Gasteiger partial charge in [0, 0.05) is 13.1 Å². The van der Waals surface area contributed by atoms with Crippen LogP contribution in [0.15, 0.2) is 4.99 Å². The molecule has 3 N–H and O–H groups in total. The van der Waals surface area contributed by atoms with Crippen molar-refractivity contribution in [2.45, 2.75) is 46.5 Å². The van der Waals surface area contributed by atoms with E-state index in [0.29, 0.717) is 11.9 Å². The highest BCUT2D eigenvalue weighted by Gasteiger charge is 2.17. The number of guanidine groups is 1. The number of hydrogen-bond donors (Lipinski definition) is 2. The van der Waals surface area contributed by atoms with E-state index in [1.54, 1.807) is 0 Å². The minimum absolute atomic E-state index is 0.622. The van der Waals surface area contributed by atoms with Crippen LogP contribution in [0.4, 0.5) is 0 Å². The first-order valence-corrected chi connectivity index (χ1v) is 7.88.